The van der Waals surface area contributed by atoms with Gasteiger partial charge in [-0.2, -0.15) is 5.26 Å². The number of hydrogen-bond donors (Lipinski definition) is 0. The molecule has 0 heterocycles. The van der Waals surface area contributed by atoms with Gasteiger partial charge in [-0.15, -0.1) is 0 Å². The first kappa shape index (κ1) is 17.0. The van der Waals surface area contributed by atoms with E-state index in [0.717, 1.165) is 5.56 Å². The van der Waals surface area contributed by atoms with Crippen molar-refractivity contribution in [2.24, 2.45) is 0 Å². The summed E-state index contributed by atoms with van der Waals surface area (Å²) in [5.41, 5.74) is 1.40. The number of ketones is 1. The topological polar surface area (TPSA) is 50.1 Å². The maximum atomic E-state index is 13.4. The molecular weight excluding hydrogens is 317 g/mol. The second kappa shape index (κ2) is 7.75. The summed E-state index contributed by atoms with van der Waals surface area (Å²) in [4.78, 5) is 12.4. The molecule has 23 heavy (non-hydrogen) atoms. The van der Waals surface area contributed by atoms with Crippen LogP contribution in [0, 0.1) is 17.1 Å². The van der Waals surface area contributed by atoms with E-state index in [-0.39, 0.29) is 17.8 Å². The maximum absolute atomic E-state index is 13.4. The molecule has 0 aliphatic heterocycles. The Bertz CT molecular complexity index is 768. The Balaban J connectivity index is 2.17. The number of Topliss-reactive ketones (excluding diaryl/α,β-unsaturated/α-hetero) is 1. The lowest BCUT2D eigenvalue weighted by atomic mass is 9.99. The van der Waals surface area contributed by atoms with E-state index < -0.39 is 5.82 Å². The van der Waals surface area contributed by atoms with E-state index in [0.29, 0.717) is 29.4 Å². The quantitative estimate of drug-likeness (QED) is 0.729. The molecule has 2 aromatic rings. The third-order valence-corrected chi connectivity index (χ3v) is 3.59. The molecule has 0 radical (unpaired) electrons. The van der Waals surface area contributed by atoms with E-state index >= 15 is 0 Å². The zero-order valence-electron chi connectivity index (χ0n) is 12.6. The predicted molar refractivity (Wildman–Crippen MR) is 86.4 cm³/mol. The fourth-order valence-electron chi connectivity index (χ4n) is 2.26. The number of rotatable bonds is 6. The van der Waals surface area contributed by atoms with Crippen molar-refractivity contribution in [3.8, 4) is 11.8 Å². The van der Waals surface area contributed by atoms with Crippen LogP contribution in [-0.2, 0) is 6.42 Å². The Morgan fingerprint density at radius 3 is 2.78 bits per heavy atom. The molecule has 0 aliphatic rings. The summed E-state index contributed by atoms with van der Waals surface area (Å²) < 4.78 is 18.8. The van der Waals surface area contributed by atoms with Crippen molar-refractivity contribution in [1.82, 2.24) is 0 Å². The summed E-state index contributed by atoms with van der Waals surface area (Å²) in [6, 6.07) is 10.9. The van der Waals surface area contributed by atoms with Crippen molar-refractivity contribution < 1.29 is 13.9 Å². The number of ether oxygens (including phenoxy) is 1. The molecule has 0 bridgehead atoms. The van der Waals surface area contributed by atoms with Crippen LogP contribution in [0.4, 0.5) is 4.39 Å². The summed E-state index contributed by atoms with van der Waals surface area (Å²) in [5.74, 6) is -0.344. The summed E-state index contributed by atoms with van der Waals surface area (Å²) >= 11 is 5.85. The minimum absolute atomic E-state index is 0.153. The molecule has 0 saturated heterocycles. The summed E-state index contributed by atoms with van der Waals surface area (Å²) in [6.07, 6.45) is 0.529. The lowest BCUT2D eigenvalue weighted by Crippen LogP contribution is -2.06. The Labute approximate surface area is 139 Å². The van der Waals surface area contributed by atoms with Gasteiger partial charge in [-0.05, 0) is 49.2 Å². The van der Waals surface area contributed by atoms with Gasteiger partial charge in [0.05, 0.1) is 23.8 Å². The third-order valence-electron chi connectivity index (χ3n) is 3.36. The van der Waals surface area contributed by atoms with E-state index in [9.17, 15) is 9.18 Å². The first-order chi connectivity index (χ1) is 11.0. The molecule has 0 saturated carbocycles. The molecule has 0 amide bonds. The molecule has 0 unspecified atom stereocenters. The molecule has 0 aromatic heterocycles. The standard InChI is InChI=1S/C18H15ClFNO2/c1-2-23-18-8-6-15(20)10-16(18)17(22)7-4-12-3-5-14(19)9-13(12)11-21/h3,5-6,8-10H,2,4,7H2,1H3. The van der Waals surface area contributed by atoms with Gasteiger partial charge < -0.3 is 4.74 Å². The molecule has 118 valence electrons. The van der Waals surface area contributed by atoms with Gasteiger partial charge in [-0.1, -0.05) is 17.7 Å². The maximum Gasteiger partial charge on any atom is 0.167 e. The van der Waals surface area contributed by atoms with E-state index in [1.165, 1.54) is 18.2 Å². The van der Waals surface area contributed by atoms with Gasteiger partial charge in [0, 0.05) is 11.4 Å². The minimum Gasteiger partial charge on any atom is -0.493 e. The second-order valence-corrected chi connectivity index (χ2v) is 5.35. The molecule has 0 aliphatic carbocycles. The third kappa shape index (κ3) is 4.30. The summed E-state index contributed by atoms with van der Waals surface area (Å²) in [7, 11) is 0. The van der Waals surface area contributed by atoms with E-state index in [1.54, 1.807) is 25.1 Å². The van der Waals surface area contributed by atoms with E-state index in [2.05, 4.69) is 6.07 Å². The number of aryl methyl sites for hydroxylation is 1. The number of nitrogens with zero attached hydrogens (tertiary/aromatic N) is 1. The van der Waals surface area contributed by atoms with Crippen molar-refractivity contribution in [2.45, 2.75) is 19.8 Å². The molecule has 3 nitrogen and oxygen atoms in total. The lowest BCUT2D eigenvalue weighted by molar-refractivity contribution is 0.0978. The zero-order chi connectivity index (χ0) is 16.8. The second-order valence-electron chi connectivity index (χ2n) is 4.91. The SMILES string of the molecule is CCOc1ccc(F)cc1C(=O)CCc1ccc(Cl)cc1C#N. The van der Waals surface area contributed by atoms with Crippen LogP contribution in [0.25, 0.3) is 0 Å². The Kier molecular flexibility index (Phi) is 5.72. The number of halogens is 2. The average molecular weight is 332 g/mol. The predicted octanol–water partition coefficient (Wildman–Crippen LogP) is 4.56. The Morgan fingerprint density at radius 1 is 1.30 bits per heavy atom. The smallest absolute Gasteiger partial charge is 0.167 e. The molecular formula is C18H15ClFNO2. The molecule has 5 heteroatoms. The number of carbonyl (C=O) groups is 1. The van der Waals surface area contributed by atoms with E-state index in [4.69, 9.17) is 21.6 Å². The van der Waals surface area contributed by atoms with Crippen molar-refractivity contribution >= 4 is 17.4 Å². The Hall–Kier alpha value is -2.38. The van der Waals surface area contributed by atoms with Gasteiger partial charge in [-0.25, -0.2) is 4.39 Å². The van der Waals surface area contributed by atoms with Gasteiger partial charge in [0.2, 0.25) is 0 Å². The highest BCUT2D eigenvalue weighted by Gasteiger charge is 2.15. The molecule has 2 aromatic carbocycles. The van der Waals surface area contributed by atoms with Crippen LogP contribution in [0.1, 0.15) is 34.8 Å². The lowest BCUT2D eigenvalue weighted by Gasteiger charge is -2.10. The highest BCUT2D eigenvalue weighted by Crippen LogP contribution is 2.23. The highest BCUT2D eigenvalue weighted by atomic mass is 35.5. The summed E-state index contributed by atoms with van der Waals surface area (Å²) in [6.45, 7) is 2.19. The van der Waals surface area contributed by atoms with Crippen molar-refractivity contribution in [3.63, 3.8) is 0 Å². The van der Waals surface area contributed by atoms with Gasteiger partial charge in [0.25, 0.3) is 0 Å². The Morgan fingerprint density at radius 2 is 2.09 bits per heavy atom. The van der Waals surface area contributed by atoms with Crippen LogP contribution in [0.5, 0.6) is 5.75 Å². The molecule has 0 fully saturated rings. The monoisotopic (exact) mass is 331 g/mol. The number of nitriles is 1. The molecule has 0 spiro atoms. The van der Waals surface area contributed by atoms with Crippen LogP contribution in [0.15, 0.2) is 36.4 Å². The van der Waals surface area contributed by atoms with Crippen molar-refractivity contribution in [1.29, 1.82) is 5.26 Å². The normalized spacial score (nSPS) is 10.2. The number of hydrogen-bond acceptors (Lipinski definition) is 3. The number of carbonyl (C=O) groups excluding carboxylic acids is 1. The number of benzene rings is 2. The van der Waals surface area contributed by atoms with Gasteiger partial charge in [0.1, 0.15) is 11.6 Å². The van der Waals surface area contributed by atoms with Crippen molar-refractivity contribution in [2.75, 3.05) is 6.61 Å². The summed E-state index contributed by atoms with van der Waals surface area (Å²) in [5, 5.41) is 9.59. The van der Waals surface area contributed by atoms with Crippen LogP contribution < -0.4 is 4.74 Å². The van der Waals surface area contributed by atoms with Crippen LogP contribution >= 0.6 is 11.6 Å². The highest BCUT2D eigenvalue weighted by molar-refractivity contribution is 6.30. The molecule has 2 rings (SSSR count). The van der Waals surface area contributed by atoms with Crippen LogP contribution in [0.2, 0.25) is 5.02 Å². The molecule has 0 atom stereocenters. The largest absolute Gasteiger partial charge is 0.493 e. The van der Waals surface area contributed by atoms with Gasteiger partial charge in [0.15, 0.2) is 5.78 Å². The van der Waals surface area contributed by atoms with Crippen LogP contribution in [-0.4, -0.2) is 12.4 Å². The van der Waals surface area contributed by atoms with Gasteiger partial charge in [-0.3, -0.25) is 4.79 Å². The van der Waals surface area contributed by atoms with Gasteiger partial charge >= 0.3 is 0 Å². The zero-order valence-corrected chi connectivity index (χ0v) is 13.4. The van der Waals surface area contributed by atoms with E-state index in [1.807, 2.05) is 0 Å². The van der Waals surface area contributed by atoms with Crippen LogP contribution in [0.3, 0.4) is 0 Å². The average Bonchev–Trinajstić information content (AvgIpc) is 2.55. The fourth-order valence-corrected chi connectivity index (χ4v) is 2.43. The minimum atomic E-state index is -0.485. The first-order valence-electron chi connectivity index (χ1n) is 7.19. The fraction of sp³-hybridized carbons (Fsp3) is 0.222. The first-order valence-corrected chi connectivity index (χ1v) is 7.57. The molecule has 0 N–H and O–H groups in total. The van der Waals surface area contributed by atoms with Crippen molar-refractivity contribution in [3.05, 3.63) is 63.9 Å².